The number of ether oxygens (including phenoxy) is 1. The van der Waals surface area contributed by atoms with Crippen LogP contribution < -0.4 is 5.73 Å². The number of nitrogens with zero attached hydrogens (tertiary/aromatic N) is 2. The fourth-order valence-corrected chi connectivity index (χ4v) is 1.82. The van der Waals surface area contributed by atoms with Crippen molar-refractivity contribution in [2.75, 3.05) is 18.9 Å². The highest BCUT2D eigenvalue weighted by Crippen LogP contribution is 2.25. The van der Waals surface area contributed by atoms with Gasteiger partial charge in [0.2, 0.25) is 0 Å². The zero-order chi connectivity index (χ0) is 9.97. The fourth-order valence-electron chi connectivity index (χ4n) is 1.82. The van der Waals surface area contributed by atoms with E-state index in [4.69, 9.17) is 10.5 Å². The highest BCUT2D eigenvalue weighted by Gasteiger charge is 2.17. The highest BCUT2D eigenvalue weighted by molar-refractivity contribution is 5.31. The molecule has 76 valence electrons. The molecule has 0 unspecified atom stereocenters. The van der Waals surface area contributed by atoms with E-state index in [1.54, 1.807) is 0 Å². The van der Waals surface area contributed by atoms with Gasteiger partial charge in [0.15, 0.2) is 0 Å². The lowest BCUT2D eigenvalue weighted by molar-refractivity contribution is 0.0844. The van der Waals surface area contributed by atoms with Crippen molar-refractivity contribution in [2.24, 2.45) is 0 Å². The Balaban J connectivity index is 2.21. The molecular weight excluding hydrogens is 178 g/mol. The molecule has 1 aliphatic rings. The second kappa shape index (κ2) is 3.92. The second-order valence-electron chi connectivity index (χ2n) is 3.65. The van der Waals surface area contributed by atoms with Crippen LogP contribution in [0.15, 0.2) is 6.07 Å². The molecule has 1 aliphatic heterocycles. The van der Waals surface area contributed by atoms with Crippen molar-refractivity contribution in [1.82, 2.24) is 9.97 Å². The Kier molecular flexibility index (Phi) is 2.63. The van der Waals surface area contributed by atoms with E-state index in [2.05, 4.69) is 9.97 Å². The summed E-state index contributed by atoms with van der Waals surface area (Å²) in [4.78, 5) is 8.48. The SMILES string of the molecule is Cc1nc(N)cc(C2CCOCC2)n1. The van der Waals surface area contributed by atoms with Crippen molar-refractivity contribution in [3.05, 3.63) is 17.6 Å². The van der Waals surface area contributed by atoms with E-state index in [1.807, 2.05) is 13.0 Å². The van der Waals surface area contributed by atoms with Gasteiger partial charge in [-0.05, 0) is 19.8 Å². The van der Waals surface area contributed by atoms with Crippen LogP contribution in [0.4, 0.5) is 5.82 Å². The van der Waals surface area contributed by atoms with Crippen LogP contribution >= 0.6 is 0 Å². The molecule has 0 bridgehead atoms. The number of anilines is 1. The summed E-state index contributed by atoms with van der Waals surface area (Å²) >= 11 is 0. The largest absolute Gasteiger partial charge is 0.384 e. The first kappa shape index (κ1) is 9.40. The van der Waals surface area contributed by atoms with Gasteiger partial charge in [-0.1, -0.05) is 0 Å². The van der Waals surface area contributed by atoms with Gasteiger partial charge < -0.3 is 10.5 Å². The van der Waals surface area contributed by atoms with Crippen molar-refractivity contribution >= 4 is 5.82 Å². The molecular formula is C10H15N3O. The molecule has 2 N–H and O–H groups in total. The summed E-state index contributed by atoms with van der Waals surface area (Å²) in [5.41, 5.74) is 6.75. The lowest BCUT2D eigenvalue weighted by atomic mass is 9.96. The van der Waals surface area contributed by atoms with Gasteiger partial charge >= 0.3 is 0 Å². The summed E-state index contributed by atoms with van der Waals surface area (Å²) in [6, 6.07) is 1.88. The Labute approximate surface area is 83.5 Å². The van der Waals surface area contributed by atoms with Crippen molar-refractivity contribution in [3.63, 3.8) is 0 Å². The predicted octanol–water partition coefficient (Wildman–Crippen LogP) is 1.26. The van der Waals surface area contributed by atoms with Gasteiger partial charge in [-0.25, -0.2) is 9.97 Å². The van der Waals surface area contributed by atoms with Gasteiger partial charge in [0.05, 0.1) is 0 Å². The molecule has 0 aromatic carbocycles. The smallest absolute Gasteiger partial charge is 0.127 e. The Morgan fingerprint density at radius 1 is 1.36 bits per heavy atom. The van der Waals surface area contributed by atoms with Crippen LogP contribution in [-0.4, -0.2) is 23.2 Å². The maximum Gasteiger partial charge on any atom is 0.127 e. The molecule has 1 fully saturated rings. The van der Waals surface area contributed by atoms with Crippen molar-refractivity contribution in [1.29, 1.82) is 0 Å². The average molecular weight is 193 g/mol. The third kappa shape index (κ3) is 2.01. The van der Waals surface area contributed by atoms with E-state index >= 15 is 0 Å². The first-order chi connectivity index (χ1) is 6.75. The summed E-state index contributed by atoms with van der Waals surface area (Å²) in [5, 5.41) is 0. The van der Waals surface area contributed by atoms with Crippen molar-refractivity contribution in [2.45, 2.75) is 25.7 Å². The quantitative estimate of drug-likeness (QED) is 0.729. The lowest BCUT2D eigenvalue weighted by Gasteiger charge is -2.21. The monoisotopic (exact) mass is 193 g/mol. The van der Waals surface area contributed by atoms with E-state index in [9.17, 15) is 0 Å². The molecule has 1 saturated heterocycles. The lowest BCUT2D eigenvalue weighted by Crippen LogP contribution is -2.16. The number of rotatable bonds is 1. The third-order valence-electron chi connectivity index (χ3n) is 2.52. The molecule has 0 atom stereocenters. The Morgan fingerprint density at radius 3 is 2.71 bits per heavy atom. The van der Waals surface area contributed by atoms with E-state index in [0.717, 1.165) is 37.6 Å². The fraction of sp³-hybridized carbons (Fsp3) is 0.600. The molecule has 0 saturated carbocycles. The number of hydrogen-bond donors (Lipinski definition) is 1. The Bertz CT molecular complexity index is 301. The van der Waals surface area contributed by atoms with Crippen LogP contribution in [0, 0.1) is 6.92 Å². The van der Waals surface area contributed by atoms with Gasteiger partial charge in [0, 0.05) is 30.9 Å². The molecule has 0 spiro atoms. The predicted molar refractivity (Wildman–Crippen MR) is 54.0 cm³/mol. The van der Waals surface area contributed by atoms with Gasteiger partial charge in [0.1, 0.15) is 11.6 Å². The zero-order valence-corrected chi connectivity index (χ0v) is 8.36. The van der Waals surface area contributed by atoms with Crippen LogP contribution in [0.5, 0.6) is 0 Å². The molecule has 2 heterocycles. The molecule has 0 amide bonds. The average Bonchev–Trinajstić information content (AvgIpc) is 2.18. The van der Waals surface area contributed by atoms with Gasteiger partial charge in [-0.3, -0.25) is 0 Å². The molecule has 0 aliphatic carbocycles. The first-order valence-corrected chi connectivity index (χ1v) is 4.94. The maximum atomic E-state index is 5.68. The van der Waals surface area contributed by atoms with Gasteiger partial charge in [0.25, 0.3) is 0 Å². The third-order valence-corrected chi connectivity index (χ3v) is 2.52. The number of aryl methyl sites for hydroxylation is 1. The number of aromatic nitrogens is 2. The van der Waals surface area contributed by atoms with Gasteiger partial charge in [-0.15, -0.1) is 0 Å². The van der Waals surface area contributed by atoms with Crippen molar-refractivity contribution < 1.29 is 4.74 Å². The molecule has 0 radical (unpaired) electrons. The summed E-state index contributed by atoms with van der Waals surface area (Å²) in [5.74, 6) is 1.82. The van der Waals surface area contributed by atoms with Crippen molar-refractivity contribution in [3.8, 4) is 0 Å². The Hall–Kier alpha value is -1.16. The van der Waals surface area contributed by atoms with E-state index in [-0.39, 0.29) is 0 Å². The zero-order valence-electron chi connectivity index (χ0n) is 8.36. The maximum absolute atomic E-state index is 5.68. The molecule has 14 heavy (non-hydrogen) atoms. The van der Waals surface area contributed by atoms with Gasteiger partial charge in [-0.2, -0.15) is 0 Å². The normalized spacial score (nSPS) is 18.4. The summed E-state index contributed by atoms with van der Waals surface area (Å²) in [6.07, 6.45) is 2.08. The van der Waals surface area contributed by atoms with Crippen LogP contribution in [-0.2, 0) is 4.74 Å². The minimum atomic E-state index is 0.493. The minimum absolute atomic E-state index is 0.493. The molecule has 1 aromatic rings. The number of nitrogens with two attached hydrogens (primary N) is 1. The summed E-state index contributed by atoms with van der Waals surface area (Å²) < 4.78 is 5.31. The first-order valence-electron chi connectivity index (χ1n) is 4.94. The standard InChI is InChI=1S/C10H15N3O/c1-7-12-9(6-10(11)13-7)8-2-4-14-5-3-8/h6,8H,2-5H2,1H3,(H2,11,12,13). The summed E-state index contributed by atoms with van der Waals surface area (Å²) in [7, 11) is 0. The molecule has 4 heteroatoms. The topological polar surface area (TPSA) is 61.0 Å². The number of nitrogen functional groups attached to an aromatic ring is 1. The highest BCUT2D eigenvalue weighted by atomic mass is 16.5. The Morgan fingerprint density at radius 2 is 2.07 bits per heavy atom. The van der Waals surface area contributed by atoms with Crippen LogP contribution in [0.25, 0.3) is 0 Å². The summed E-state index contributed by atoms with van der Waals surface area (Å²) in [6.45, 7) is 3.53. The molecule has 4 nitrogen and oxygen atoms in total. The van der Waals surface area contributed by atoms with Crippen LogP contribution in [0.3, 0.4) is 0 Å². The minimum Gasteiger partial charge on any atom is -0.384 e. The molecule has 2 rings (SSSR count). The van der Waals surface area contributed by atoms with Crippen LogP contribution in [0.1, 0.15) is 30.3 Å². The number of hydrogen-bond acceptors (Lipinski definition) is 4. The van der Waals surface area contributed by atoms with E-state index < -0.39 is 0 Å². The van der Waals surface area contributed by atoms with Crippen LogP contribution in [0.2, 0.25) is 0 Å². The van der Waals surface area contributed by atoms with E-state index in [1.165, 1.54) is 0 Å². The van der Waals surface area contributed by atoms with E-state index in [0.29, 0.717) is 11.7 Å². The second-order valence-corrected chi connectivity index (χ2v) is 3.65. The molecule has 1 aromatic heterocycles.